The highest BCUT2D eigenvalue weighted by Crippen LogP contribution is 2.33. The van der Waals surface area contributed by atoms with Gasteiger partial charge in [0.1, 0.15) is 18.8 Å². The van der Waals surface area contributed by atoms with Gasteiger partial charge in [-0.25, -0.2) is 0 Å². The Morgan fingerprint density at radius 1 is 1.19 bits per heavy atom. The number of aliphatic hydroxyl groups is 1. The number of nitrogens with zero attached hydrogens (tertiary/aromatic N) is 1. The van der Waals surface area contributed by atoms with Gasteiger partial charge >= 0.3 is 0 Å². The number of piperidine rings is 1. The van der Waals surface area contributed by atoms with E-state index in [2.05, 4.69) is 0 Å². The maximum atomic E-state index is 12.8. The van der Waals surface area contributed by atoms with Crippen molar-refractivity contribution in [2.45, 2.75) is 45.1 Å². The molecule has 6 heteroatoms. The molecule has 1 N–H and O–H groups in total. The van der Waals surface area contributed by atoms with Crippen LogP contribution in [0.3, 0.4) is 0 Å². The van der Waals surface area contributed by atoms with Crippen LogP contribution in [0.25, 0.3) is 0 Å². The molecule has 2 aliphatic rings. The highest BCUT2D eigenvalue weighted by atomic mass is 16.6. The lowest BCUT2D eigenvalue weighted by Gasteiger charge is -2.36. The van der Waals surface area contributed by atoms with Crippen molar-refractivity contribution in [2.24, 2.45) is 5.92 Å². The first-order valence-corrected chi connectivity index (χ1v) is 9.38. The number of carbonyl (C=O) groups excluding carboxylic acids is 2. The van der Waals surface area contributed by atoms with Gasteiger partial charge in [0.15, 0.2) is 17.3 Å². The first kappa shape index (κ1) is 18.7. The first-order chi connectivity index (χ1) is 12.4. The first-order valence-electron chi connectivity index (χ1n) is 9.38. The monoisotopic (exact) mass is 361 g/mol. The molecule has 1 aromatic carbocycles. The summed E-state index contributed by atoms with van der Waals surface area (Å²) in [6.45, 7) is 5.53. The molecule has 0 spiro atoms. The Labute approximate surface area is 154 Å². The van der Waals surface area contributed by atoms with Crippen LogP contribution in [0.15, 0.2) is 18.2 Å². The zero-order valence-electron chi connectivity index (χ0n) is 15.5. The minimum atomic E-state index is -1.32. The largest absolute Gasteiger partial charge is 0.486 e. The zero-order chi connectivity index (χ0) is 18.7. The molecule has 0 unspecified atom stereocenters. The van der Waals surface area contributed by atoms with Crippen LogP contribution in [0.2, 0.25) is 0 Å². The number of hydrogen-bond donors (Lipinski definition) is 1. The van der Waals surface area contributed by atoms with Gasteiger partial charge < -0.3 is 19.5 Å². The Balaban J connectivity index is 1.61. The van der Waals surface area contributed by atoms with Gasteiger partial charge in [-0.05, 0) is 44.4 Å². The molecule has 1 fully saturated rings. The summed E-state index contributed by atoms with van der Waals surface area (Å²) in [4.78, 5) is 27.0. The number of likely N-dealkylation sites (tertiary alicyclic amines) is 1. The molecule has 0 radical (unpaired) electrons. The summed E-state index contributed by atoms with van der Waals surface area (Å²) in [5.41, 5.74) is -0.696. The predicted octanol–water partition coefficient (Wildman–Crippen LogP) is 2.43. The van der Waals surface area contributed by atoms with E-state index in [9.17, 15) is 14.7 Å². The molecule has 1 atom stereocenters. The fraction of sp³-hybridized carbons (Fsp3) is 0.600. The van der Waals surface area contributed by atoms with E-state index >= 15 is 0 Å². The van der Waals surface area contributed by atoms with Crippen LogP contribution in [0, 0.1) is 5.92 Å². The van der Waals surface area contributed by atoms with Gasteiger partial charge in [-0.1, -0.05) is 13.3 Å². The topological polar surface area (TPSA) is 76.1 Å². The van der Waals surface area contributed by atoms with Gasteiger partial charge in [0, 0.05) is 24.6 Å². The third-order valence-electron chi connectivity index (χ3n) is 5.18. The molecule has 1 amide bonds. The van der Waals surface area contributed by atoms with Crippen molar-refractivity contribution in [1.82, 2.24) is 4.90 Å². The lowest BCUT2D eigenvalue weighted by molar-refractivity contribution is -0.151. The summed E-state index contributed by atoms with van der Waals surface area (Å²) in [6, 6.07) is 5.31. The lowest BCUT2D eigenvalue weighted by Crippen LogP contribution is -2.50. The van der Waals surface area contributed by atoms with Gasteiger partial charge in [-0.2, -0.15) is 0 Å². The molecule has 3 rings (SSSR count). The highest BCUT2D eigenvalue weighted by molar-refractivity contribution is 5.98. The van der Waals surface area contributed by atoms with Crippen molar-refractivity contribution in [3.8, 4) is 11.5 Å². The van der Waals surface area contributed by atoms with Crippen molar-refractivity contribution >= 4 is 11.7 Å². The average Bonchev–Trinajstić information content (AvgIpc) is 2.66. The van der Waals surface area contributed by atoms with Crippen molar-refractivity contribution in [1.29, 1.82) is 0 Å². The smallest absolute Gasteiger partial charge is 0.254 e. The fourth-order valence-corrected chi connectivity index (χ4v) is 3.71. The van der Waals surface area contributed by atoms with Crippen LogP contribution < -0.4 is 9.47 Å². The third kappa shape index (κ3) is 3.85. The summed E-state index contributed by atoms with van der Waals surface area (Å²) >= 11 is 0. The Morgan fingerprint density at radius 2 is 1.85 bits per heavy atom. The summed E-state index contributed by atoms with van der Waals surface area (Å²) < 4.78 is 11.0. The number of amides is 1. The van der Waals surface area contributed by atoms with Crippen molar-refractivity contribution in [2.75, 3.05) is 26.3 Å². The second-order valence-corrected chi connectivity index (χ2v) is 7.31. The third-order valence-corrected chi connectivity index (χ3v) is 5.18. The summed E-state index contributed by atoms with van der Waals surface area (Å²) in [5, 5.41) is 10.3. The summed E-state index contributed by atoms with van der Waals surface area (Å²) in [5.74, 6) is 1.02. The van der Waals surface area contributed by atoms with E-state index in [1.54, 1.807) is 30.0 Å². The second kappa shape index (κ2) is 7.66. The van der Waals surface area contributed by atoms with E-state index < -0.39 is 5.60 Å². The van der Waals surface area contributed by atoms with E-state index in [4.69, 9.17) is 9.47 Å². The Hall–Kier alpha value is -2.08. The van der Waals surface area contributed by atoms with Crippen LogP contribution in [0.4, 0.5) is 0 Å². The minimum Gasteiger partial charge on any atom is -0.486 e. The molecule has 0 aromatic heterocycles. The molecule has 2 heterocycles. The average molecular weight is 361 g/mol. The molecule has 1 aromatic rings. The summed E-state index contributed by atoms with van der Waals surface area (Å²) in [7, 11) is 0. The predicted molar refractivity (Wildman–Crippen MR) is 96.6 cm³/mol. The number of fused-ring (bicyclic) bond motifs is 1. The number of ether oxygens (including phenoxy) is 2. The van der Waals surface area contributed by atoms with Gasteiger partial charge in [-0.15, -0.1) is 0 Å². The zero-order valence-corrected chi connectivity index (χ0v) is 15.5. The van der Waals surface area contributed by atoms with Gasteiger partial charge in [-0.3, -0.25) is 9.59 Å². The molecule has 6 nitrogen and oxygen atoms in total. The van der Waals surface area contributed by atoms with Gasteiger partial charge in [0.2, 0.25) is 0 Å². The van der Waals surface area contributed by atoms with Crippen molar-refractivity contribution in [3.05, 3.63) is 23.8 Å². The number of ketones is 1. The number of rotatable bonds is 5. The van der Waals surface area contributed by atoms with Crippen molar-refractivity contribution in [3.63, 3.8) is 0 Å². The molecule has 2 aliphatic heterocycles. The molecule has 0 bridgehead atoms. The maximum Gasteiger partial charge on any atom is 0.254 e. The molecular weight excluding hydrogens is 334 g/mol. The highest BCUT2D eigenvalue weighted by Gasteiger charge is 2.36. The maximum absolute atomic E-state index is 12.8. The lowest BCUT2D eigenvalue weighted by atomic mass is 9.87. The van der Waals surface area contributed by atoms with Crippen LogP contribution in [-0.2, 0) is 4.79 Å². The fourth-order valence-electron chi connectivity index (χ4n) is 3.71. The minimum absolute atomic E-state index is 0.0781. The number of benzene rings is 1. The molecular formula is C20H27NO5. The van der Waals surface area contributed by atoms with Crippen molar-refractivity contribution < 1.29 is 24.2 Å². The molecule has 0 saturated carbocycles. The van der Waals surface area contributed by atoms with Gasteiger partial charge in [0.05, 0.1) is 0 Å². The van der Waals surface area contributed by atoms with Crippen LogP contribution in [-0.4, -0.2) is 53.6 Å². The normalized spacial score (nSPS) is 19.7. The SMILES string of the molecule is CCC[C@@](C)(O)C(=O)N1CCC(C(=O)c2ccc3c(c2)OCCO3)CC1. The van der Waals surface area contributed by atoms with E-state index in [0.29, 0.717) is 62.6 Å². The number of hydrogen-bond acceptors (Lipinski definition) is 5. The van der Waals surface area contributed by atoms with E-state index in [0.717, 1.165) is 6.42 Å². The summed E-state index contributed by atoms with van der Waals surface area (Å²) in [6.07, 6.45) is 2.42. The van der Waals surface area contributed by atoms with Crippen LogP contribution in [0.5, 0.6) is 11.5 Å². The Kier molecular flexibility index (Phi) is 5.51. The molecule has 0 aliphatic carbocycles. The Bertz CT molecular complexity index is 677. The van der Waals surface area contributed by atoms with Crippen LogP contribution >= 0.6 is 0 Å². The van der Waals surface area contributed by atoms with E-state index in [1.807, 2.05) is 6.92 Å². The Morgan fingerprint density at radius 3 is 2.50 bits per heavy atom. The van der Waals surface area contributed by atoms with E-state index in [-0.39, 0.29) is 17.6 Å². The number of carbonyl (C=O) groups is 2. The van der Waals surface area contributed by atoms with Gasteiger partial charge in [0.25, 0.3) is 5.91 Å². The molecule has 26 heavy (non-hydrogen) atoms. The second-order valence-electron chi connectivity index (χ2n) is 7.31. The number of Topliss-reactive ketones (excluding diaryl/α,β-unsaturated/α-hetero) is 1. The standard InChI is InChI=1S/C20H27NO5/c1-3-8-20(2,24)19(23)21-9-6-14(7-10-21)18(22)15-4-5-16-17(13-15)26-12-11-25-16/h4-5,13-14,24H,3,6-12H2,1-2H3/t20-/m1/s1. The molecule has 1 saturated heterocycles. The quantitative estimate of drug-likeness (QED) is 0.815. The van der Waals surface area contributed by atoms with E-state index in [1.165, 1.54) is 0 Å². The molecule has 142 valence electrons. The van der Waals surface area contributed by atoms with Crippen LogP contribution in [0.1, 0.15) is 49.9 Å².